The van der Waals surface area contributed by atoms with E-state index in [1.807, 2.05) is 44.2 Å². The molecule has 8 nitrogen and oxygen atoms in total. The number of carbonyl (C=O) groups is 3. The number of benzene rings is 2. The number of nitrogens with one attached hydrogen (secondary N) is 3. The van der Waals surface area contributed by atoms with Crippen molar-refractivity contribution >= 4 is 23.5 Å². The summed E-state index contributed by atoms with van der Waals surface area (Å²) in [6.07, 6.45) is 0. The highest BCUT2D eigenvalue weighted by Crippen LogP contribution is 2.14. The number of rotatable bonds is 7. The van der Waals surface area contributed by atoms with Crippen molar-refractivity contribution in [3.05, 3.63) is 65.7 Å². The van der Waals surface area contributed by atoms with Crippen molar-refractivity contribution in [2.45, 2.75) is 26.4 Å². The lowest BCUT2D eigenvalue weighted by Gasteiger charge is -2.34. The van der Waals surface area contributed by atoms with E-state index in [9.17, 15) is 14.4 Å². The molecule has 1 aliphatic rings. The molecule has 3 rings (SSSR count). The third kappa shape index (κ3) is 7.09. The summed E-state index contributed by atoms with van der Waals surface area (Å²) >= 11 is 0. The first-order valence-electron chi connectivity index (χ1n) is 10.9. The lowest BCUT2D eigenvalue weighted by Crippen LogP contribution is -2.51. The number of amides is 4. The van der Waals surface area contributed by atoms with Gasteiger partial charge in [0.15, 0.2) is 0 Å². The molecule has 32 heavy (non-hydrogen) atoms. The van der Waals surface area contributed by atoms with Gasteiger partial charge in [-0.15, -0.1) is 0 Å². The molecule has 2 aromatic rings. The molecule has 1 heterocycles. The average Bonchev–Trinajstić information content (AvgIpc) is 2.78. The number of nitrogens with zero attached hydrogens (tertiary/aromatic N) is 2. The van der Waals surface area contributed by atoms with E-state index in [0.29, 0.717) is 50.5 Å². The van der Waals surface area contributed by atoms with Crippen molar-refractivity contribution in [2.75, 3.05) is 38.0 Å². The highest BCUT2D eigenvalue weighted by atomic mass is 16.2. The Labute approximate surface area is 189 Å². The molecule has 1 fully saturated rings. The van der Waals surface area contributed by atoms with Gasteiger partial charge >= 0.3 is 6.03 Å². The second-order valence-corrected chi connectivity index (χ2v) is 8.16. The normalized spacial score (nSPS) is 14.2. The molecule has 0 aliphatic carbocycles. The number of carbonyl (C=O) groups excluding carboxylic acids is 3. The smallest absolute Gasteiger partial charge is 0.319 e. The predicted octanol–water partition coefficient (Wildman–Crippen LogP) is 2.29. The fourth-order valence-electron chi connectivity index (χ4n) is 3.51. The van der Waals surface area contributed by atoms with Crippen LogP contribution in [-0.4, -0.2) is 66.4 Å². The number of urea groups is 1. The third-order valence-corrected chi connectivity index (χ3v) is 5.15. The quantitative estimate of drug-likeness (QED) is 0.620. The predicted molar refractivity (Wildman–Crippen MR) is 124 cm³/mol. The van der Waals surface area contributed by atoms with E-state index in [0.717, 1.165) is 5.56 Å². The van der Waals surface area contributed by atoms with Gasteiger partial charge in [0.2, 0.25) is 5.91 Å². The van der Waals surface area contributed by atoms with Gasteiger partial charge in [-0.3, -0.25) is 14.5 Å². The molecule has 2 aromatic carbocycles. The van der Waals surface area contributed by atoms with E-state index in [1.165, 1.54) is 0 Å². The summed E-state index contributed by atoms with van der Waals surface area (Å²) < 4.78 is 0. The molecule has 3 N–H and O–H groups in total. The summed E-state index contributed by atoms with van der Waals surface area (Å²) in [6.45, 7) is 6.97. The second kappa shape index (κ2) is 11.3. The van der Waals surface area contributed by atoms with Crippen LogP contribution in [0.5, 0.6) is 0 Å². The van der Waals surface area contributed by atoms with E-state index in [-0.39, 0.29) is 23.9 Å². The minimum absolute atomic E-state index is 0.0212. The largest absolute Gasteiger partial charge is 0.351 e. The Balaban J connectivity index is 1.45. The molecule has 0 bridgehead atoms. The number of hydrogen-bond acceptors (Lipinski definition) is 4. The molecule has 170 valence electrons. The maximum atomic E-state index is 12.9. The lowest BCUT2D eigenvalue weighted by atomic mass is 10.1. The van der Waals surface area contributed by atoms with Crippen molar-refractivity contribution < 1.29 is 14.4 Å². The molecule has 1 saturated heterocycles. The zero-order valence-electron chi connectivity index (χ0n) is 18.6. The van der Waals surface area contributed by atoms with Crippen molar-refractivity contribution in [1.29, 1.82) is 0 Å². The van der Waals surface area contributed by atoms with Crippen LogP contribution in [0.15, 0.2) is 54.6 Å². The summed E-state index contributed by atoms with van der Waals surface area (Å²) in [5.74, 6) is -0.0989. The van der Waals surface area contributed by atoms with Crippen LogP contribution in [0.4, 0.5) is 10.5 Å². The molecule has 1 aliphatic heterocycles. The van der Waals surface area contributed by atoms with Crippen molar-refractivity contribution in [3.63, 3.8) is 0 Å². The Morgan fingerprint density at radius 2 is 1.66 bits per heavy atom. The molecule has 0 atom stereocenters. The first-order valence-corrected chi connectivity index (χ1v) is 10.9. The van der Waals surface area contributed by atoms with E-state index in [2.05, 4.69) is 20.9 Å². The van der Waals surface area contributed by atoms with Gasteiger partial charge in [-0.25, -0.2) is 4.79 Å². The summed E-state index contributed by atoms with van der Waals surface area (Å²) in [5, 5.41) is 8.45. The van der Waals surface area contributed by atoms with Crippen LogP contribution < -0.4 is 16.0 Å². The standard InChI is InChI=1S/C24H31N5O3/c1-18(2)26-24(32)27-21-10-6-9-20(15-21)23(31)29-13-11-28(12-14-29)17-22(30)25-16-19-7-4-3-5-8-19/h3-10,15,18H,11-14,16-17H2,1-2H3,(H,25,30)(H2,26,27,32). The summed E-state index contributed by atoms with van der Waals surface area (Å²) in [4.78, 5) is 40.9. The van der Waals surface area contributed by atoms with Crippen LogP contribution in [-0.2, 0) is 11.3 Å². The van der Waals surface area contributed by atoms with Gasteiger partial charge in [0, 0.05) is 50.0 Å². The van der Waals surface area contributed by atoms with E-state index in [4.69, 9.17) is 0 Å². The molecule has 0 radical (unpaired) electrons. The van der Waals surface area contributed by atoms with E-state index >= 15 is 0 Å². The van der Waals surface area contributed by atoms with Crippen molar-refractivity contribution in [2.24, 2.45) is 0 Å². The van der Waals surface area contributed by atoms with Crippen LogP contribution >= 0.6 is 0 Å². The Morgan fingerprint density at radius 1 is 0.938 bits per heavy atom. The van der Waals surface area contributed by atoms with Gasteiger partial charge in [0.05, 0.1) is 6.54 Å². The molecular weight excluding hydrogens is 406 g/mol. The van der Waals surface area contributed by atoms with Gasteiger partial charge in [0.1, 0.15) is 0 Å². The monoisotopic (exact) mass is 437 g/mol. The summed E-state index contributed by atoms with van der Waals surface area (Å²) in [6, 6.07) is 16.5. The van der Waals surface area contributed by atoms with Gasteiger partial charge in [-0.1, -0.05) is 36.4 Å². The summed E-state index contributed by atoms with van der Waals surface area (Å²) in [5.41, 5.74) is 2.17. The highest BCUT2D eigenvalue weighted by Gasteiger charge is 2.23. The molecular formula is C24H31N5O3. The van der Waals surface area contributed by atoms with Gasteiger partial charge in [-0.05, 0) is 37.6 Å². The zero-order chi connectivity index (χ0) is 22.9. The van der Waals surface area contributed by atoms with E-state index < -0.39 is 0 Å². The van der Waals surface area contributed by atoms with Gasteiger partial charge < -0.3 is 20.9 Å². The lowest BCUT2D eigenvalue weighted by molar-refractivity contribution is -0.122. The van der Waals surface area contributed by atoms with Crippen LogP contribution in [0.25, 0.3) is 0 Å². The van der Waals surface area contributed by atoms with Crippen LogP contribution in [0.2, 0.25) is 0 Å². The minimum Gasteiger partial charge on any atom is -0.351 e. The SMILES string of the molecule is CC(C)NC(=O)Nc1cccc(C(=O)N2CCN(CC(=O)NCc3ccccc3)CC2)c1. The Kier molecular flexibility index (Phi) is 8.21. The summed E-state index contributed by atoms with van der Waals surface area (Å²) in [7, 11) is 0. The first kappa shape index (κ1) is 23.3. The maximum Gasteiger partial charge on any atom is 0.319 e. The maximum absolute atomic E-state index is 12.9. The fraction of sp³-hybridized carbons (Fsp3) is 0.375. The molecule has 8 heteroatoms. The minimum atomic E-state index is -0.302. The van der Waals surface area contributed by atoms with Crippen molar-refractivity contribution in [1.82, 2.24) is 20.4 Å². The third-order valence-electron chi connectivity index (χ3n) is 5.15. The Morgan fingerprint density at radius 3 is 2.34 bits per heavy atom. The molecule has 0 spiro atoms. The topological polar surface area (TPSA) is 93.8 Å². The number of piperazine rings is 1. The fourth-order valence-corrected chi connectivity index (χ4v) is 3.51. The number of anilines is 1. The van der Waals surface area contributed by atoms with Crippen LogP contribution in [0.1, 0.15) is 29.8 Å². The van der Waals surface area contributed by atoms with E-state index in [1.54, 1.807) is 29.2 Å². The molecule has 0 saturated carbocycles. The first-order chi connectivity index (χ1) is 15.4. The van der Waals surface area contributed by atoms with Crippen molar-refractivity contribution in [3.8, 4) is 0 Å². The van der Waals surface area contributed by atoms with Crippen LogP contribution in [0.3, 0.4) is 0 Å². The Hall–Kier alpha value is -3.39. The molecule has 4 amide bonds. The highest BCUT2D eigenvalue weighted by molar-refractivity contribution is 5.97. The van der Waals surface area contributed by atoms with Crippen LogP contribution in [0, 0.1) is 0 Å². The molecule has 0 aromatic heterocycles. The molecule has 0 unspecified atom stereocenters. The Bertz CT molecular complexity index is 924. The number of hydrogen-bond donors (Lipinski definition) is 3. The zero-order valence-corrected chi connectivity index (χ0v) is 18.6. The second-order valence-electron chi connectivity index (χ2n) is 8.16. The average molecular weight is 438 g/mol. The van der Waals surface area contributed by atoms with Gasteiger partial charge in [0.25, 0.3) is 5.91 Å². The van der Waals surface area contributed by atoms with Gasteiger partial charge in [-0.2, -0.15) is 0 Å².